The highest BCUT2D eigenvalue weighted by Crippen LogP contribution is 2.36. The monoisotopic (exact) mass is 690 g/mol. The maximum atomic E-state index is 14.5. The van der Waals surface area contributed by atoms with E-state index in [0.29, 0.717) is 44.3 Å². The number of thiazole rings is 1. The first-order chi connectivity index (χ1) is 24.2. The molecule has 1 atom stereocenters. The second kappa shape index (κ2) is 15.0. The number of carbonyl (C=O) groups excluding carboxylic acids is 2. The Morgan fingerprint density at radius 1 is 0.880 bits per heavy atom. The Labute approximate surface area is 293 Å². The first-order valence-corrected chi connectivity index (χ1v) is 17.4. The molecule has 1 aromatic heterocycles. The predicted molar refractivity (Wildman–Crippen MR) is 193 cm³/mol. The summed E-state index contributed by atoms with van der Waals surface area (Å²) in [6.45, 7) is 9.85. The second-order valence-corrected chi connectivity index (χ2v) is 12.9. The van der Waals surface area contributed by atoms with E-state index in [4.69, 9.17) is 23.9 Å². The van der Waals surface area contributed by atoms with Crippen LogP contribution in [0.15, 0.2) is 106 Å². The van der Waals surface area contributed by atoms with Gasteiger partial charge in [0.1, 0.15) is 24.1 Å². The summed E-state index contributed by atoms with van der Waals surface area (Å²) in [6.07, 6.45) is 1.70. The number of carbonyl (C=O) groups is 2. The van der Waals surface area contributed by atoms with E-state index in [2.05, 4.69) is 0 Å². The average molecular weight is 691 g/mol. The number of hydrogen-bond donors (Lipinski definition) is 0. The molecule has 0 saturated heterocycles. The molecule has 4 aromatic carbocycles. The molecule has 2 heterocycles. The maximum absolute atomic E-state index is 14.5. The first kappa shape index (κ1) is 34.4. The fourth-order valence-electron chi connectivity index (χ4n) is 5.95. The molecule has 0 spiro atoms. The molecule has 5 aromatic rings. The van der Waals surface area contributed by atoms with Gasteiger partial charge in [0.25, 0.3) is 5.56 Å². The number of para-hydroxylation sites is 1. The van der Waals surface area contributed by atoms with Gasteiger partial charge in [-0.05, 0) is 81.3 Å². The standard InChI is InChI=1S/C40H38N2O7S/c1-6-46-38(44)28-18-16-26(17-19-28)23-48-32-21-20-27-12-8-9-13-29(27)31(32)22-34-37(43)42-36(30-14-10-11-15-33(30)49-24(3)4)35(39(45)47-7-2)25(5)41-40(42)50-34/h8-22,24,36H,6-7,23H2,1-5H3/b34-22-/t36-/m0/s1. The van der Waals surface area contributed by atoms with Crippen molar-refractivity contribution in [1.29, 1.82) is 0 Å². The lowest BCUT2D eigenvalue weighted by molar-refractivity contribution is -0.139. The molecule has 0 aliphatic carbocycles. The highest BCUT2D eigenvalue weighted by molar-refractivity contribution is 7.07. The van der Waals surface area contributed by atoms with Gasteiger partial charge in [-0.3, -0.25) is 9.36 Å². The van der Waals surface area contributed by atoms with E-state index in [9.17, 15) is 14.4 Å². The van der Waals surface area contributed by atoms with E-state index in [1.54, 1.807) is 37.5 Å². The van der Waals surface area contributed by atoms with Crippen LogP contribution in [-0.4, -0.2) is 35.8 Å². The van der Waals surface area contributed by atoms with Crippen molar-refractivity contribution in [3.8, 4) is 11.5 Å². The van der Waals surface area contributed by atoms with Gasteiger partial charge in [-0.15, -0.1) is 0 Å². The highest BCUT2D eigenvalue weighted by atomic mass is 32.1. The summed E-state index contributed by atoms with van der Waals surface area (Å²) in [7, 11) is 0. The number of nitrogens with zero attached hydrogens (tertiary/aromatic N) is 2. The van der Waals surface area contributed by atoms with Crippen molar-refractivity contribution in [2.75, 3.05) is 13.2 Å². The number of aromatic nitrogens is 1. The van der Waals surface area contributed by atoms with Crippen LogP contribution in [0.5, 0.6) is 11.5 Å². The molecule has 9 nitrogen and oxygen atoms in total. The average Bonchev–Trinajstić information content (AvgIpc) is 3.41. The van der Waals surface area contributed by atoms with Gasteiger partial charge in [0, 0.05) is 11.1 Å². The number of hydrogen-bond acceptors (Lipinski definition) is 9. The number of allylic oxidation sites excluding steroid dienone is 1. The zero-order valence-electron chi connectivity index (χ0n) is 28.6. The summed E-state index contributed by atoms with van der Waals surface area (Å²) in [6, 6.07) is 25.5. The molecule has 0 radical (unpaired) electrons. The molecule has 1 aliphatic rings. The van der Waals surface area contributed by atoms with Crippen molar-refractivity contribution in [3.05, 3.63) is 138 Å². The quantitative estimate of drug-likeness (QED) is 0.146. The van der Waals surface area contributed by atoms with E-state index < -0.39 is 12.0 Å². The molecule has 50 heavy (non-hydrogen) atoms. The summed E-state index contributed by atoms with van der Waals surface area (Å²) in [5.41, 5.74) is 3.18. The summed E-state index contributed by atoms with van der Waals surface area (Å²) in [5, 5.41) is 1.89. The molecule has 256 valence electrons. The molecule has 10 heteroatoms. The van der Waals surface area contributed by atoms with E-state index in [1.165, 1.54) is 11.3 Å². The minimum Gasteiger partial charge on any atom is -0.491 e. The minimum atomic E-state index is -0.816. The fraction of sp³-hybridized carbons (Fsp3) is 0.250. The predicted octanol–water partition coefficient (Wildman–Crippen LogP) is 6.49. The Morgan fingerprint density at radius 3 is 2.32 bits per heavy atom. The van der Waals surface area contributed by atoms with Crippen LogP contribution in [0.1, 0.15) is 67.7 Å². The molecule has 1 aliphatic heterocycles. The van der Waals surface area contributed by atoms with Crippen LogP contribution < -0.4 is 24.4 Å². The number of fused-ring (bicyclic) bond motifs is 2. The molecular weight excluding hydrogens is 653 g/mol. The second-order valence-electron chi connectivity index (χ2n) is 11.9. The third-order valence-electron chi connectivity index (χ3n) is 8.16. The van der Waals surface area contributed by atoms with Crippen LogP contribution >= 0.6 is 11.3 Å². The molecule has 6 rings (SSSR count). The molecular formula is C40H38N2O7S. The number of ether oxygens (including phenoxy) is 4. The molecule has 0 amide bonds. The van der Waals surface area contributed by atoms with Crippen LogP contribution in [0.4, 0.5) is 0 Å². The van der Waals surface area contributed by atoms with E-state index >= 15 is 0 Å². The van der Waals surface area contributed by atoms with Gasteiger partial charge < -0.3 is 18.9 Å². The van der Waals surface area contributed by atoms with Crippen molar-refractivity contribution < 1.29 is 28.5 Å². The molecule has 0 bridgehead atoms. The van der Waals surface area contributed by atoms with Gasteiger partial charge in [0.15, 0.2) is 4.80 Å². The normalized spacial score (nSPS) is 14.4. The van der Waals surface area contributed by atoms with Crippen molar-refractivity contribution in [3.63, 3.8) is 0 Å². The van der Waals surface area contributed by atoms with E-state index in [-0.39, 0.29) is 36.4 Å². The van der Waals surface area contributed by atoms with Crippen LogP contribution in [0.3, 0.4) is 0 Å². The fourth-order valence-corrected chi connectivity index (χ4v) is 6.98. The summed E-state index contributed by atoms with van der Waals surface area (Å²) in [5.74, 6) is 0.242. The smallest absolute Gasteiger partial charge is 0.338 e. The zero-order valence-corrected chi connectivity index (χ0v) is 29.4. The van der Waals surface area contributed by atoms with Gasteiger partial charge in [-0.25, -0.2) is 14.6 Å². The Hall–Kier alpha value is -5.48. The Bertz CT molecular complexity index is 2280. The lowest BCUT2D eigenvalue weighted by Gasteiger charge is -2.26. The number of rotatable bonds is 11. The third-order valence-corrected chi connectivity index (χ3v) is 9.14. The molecule has 0 saturated carbocycles. The van der Waals surface area contributed by atoms with E-state index in [1.807, 2.05) is 92.7 Å². The Balaban J connectivity index is 1.47. The van der Waals surface area contributed by atoms with Crippen molar-refractivity contribution in [2.24, 2.45) is 4.99 Å². The van der Waals surface area contributed by atoms with Crippen LogP contribution in [-0.2, 0) is 20.9 Å². The number of esters is 2. The summed E-state index contributed by atoms with van der Waals surface area (Å²) in [4.78, 5) is 45.3. The van der Waals surface area contributed by atoms with Crippen LogP contribution in [0.2, 0.25) is 0 Å². The summed E-state index contributed by atoms with van der Waals surface area (Å²) >= 11 is 1.25. The zero-order chi connectivity index (χ0) is 35.4. The van der Waals surface area contributed by atoms with Crippen LogP contribution in [0, 0.1) is 0 Å². The van der Waals surface area contributed by atoms with E-state index in [0.717, 1.165) is 21.9 Å². The van der Waals surface area contributed by atoms with Gasteiger partial charge in [0.2, 0.25) is 0 Å². The largest absolute Gasteiger partial charge is 0.491 e. The van der Waals surface area contributed by atoms with Gasteiger partial charge in [0.05, 0.1) is 40.7 Å². The minimum absolute atomic E-state index is 0.136. The highest BCUT2D eigenvalue weighted by Gasteiger charge is 2.35. The van der Waals surface area contributed by atoms with Crippen molar-refractivity contribution >= 4 is 40.1 Å². The SMILES string of the molecule is CCOC(=O)C1=C(C)N=c2s/c(=C\c3c(OCc4ccc(C(=O)OCC)cc4)ccc4ccccc34)c(=O)n2[C@H]1c1ccccc1OC(C)C. The first-order valence-electron chi connectivity index (χ1n) is 16.6. The van der Waals surface area contributed by atoms with Crippen LogP contribution in [0.25, 0.3) is 16.8 Å². The van der Waals surface area contributed by atoms with Gasteiger partial charge >= 0.3 is 11.9 Å². The maximum Gasteiger partial charge on any atom is 0.338 e. The Morgan fingerprint density at radius 2 is 1.58 bits per heavy atom. The third kappa shape index (κ3) is 6.97. The van der Waals surface area contributed by atoms with Crippen molar-refractivity contribution in [1.82, 2.24) is 4.57 Å². The van der Waals surface area contributed by atoms with Gasteiger partial charge in [-0.2, -0.15) is 0 Å². The molecule has 0 fully saturated rings. The molecule has 0 N–H and O–H groups in total. The van der Waals surface area contributed by atoms with Crippen molar-refractivity contribution in [2.45, 2.75) is 53.4 Å². The lowest BCUT2D eigenvalue weighted by atomic mass is 9.95. The van der Waals surface area contributed by atoms with Gasteiger partial charge in [-0.1, -0.05) is 72.0 Å². The Kier molecular flexibility index (Phi) is 10.3. The number of benzene rings is 4. The lowest BCUT2D eigenvalue weighted by Crippen LogP contribution is -2.40. The topological polar surface area (TPSA) is 105 Å². The molecule has 0 unspecified atom stereocenters. The summed E-state index contributed by atoms with van der Waals surface area (Å²) < 4.78 is 25.1.